The molecule has 0 unspecified atom stereocenters. The first-order chi connectivity index (χ1) is 9.33. The van der Waals surface area contributed by atoms with Gasteiger partial charge in [0.25, 0.3) is 5.91 Å². The minimum absolute atomic E-state index is 0.263. The Hall–Kier alpha value is -2.40. The summed E-state index contributed by atoms with van der Waals surface area (Å²) < 4.78 is 5.05. The molecule has 3 aromatic rings. The zero-order valence-corrected chi connectivity index (χ0v) is 10.7. The van der Waals surface area contributed by atoms with Gasteiger partial charge in [-0.1, -0.05) is 12.1 Å². The van der Waals surface area contributed by atoms with E-state index in [2.05, 4.69) is 10.3 Å². The van der Waals surface area contributed by atoms with Crippen molar-refractivity contribution in [3.05, 3.63) is 60.0 Å². The van der Waals surface area contributed by atoms with Gasteiger partial charge in [-0.05, 0) is 24.3 Å². The van der Waals surface area contributed by atoms with E-state index in [9.17, 15) is 4.79 Å². The van der Waals surface area contributed by atoms with E-state index in [1.165, 1.54) is 6.26 Å². The van der Waals surface area contributed by atoms with Crippen LogP contribution in [0.5, 0.6) is 0 Å². The zero-order chi connectivity index (χ0) is 13.1. The van der Waals surface area contributed by atoms with Crippen LogP contribution in [0.4, 0.5) is 5.69 Å². The molecule has 0 aliphatic rings. The number of carbonyl (C=O) groups is 1. The lowest BCUT2D eigenvalue weighted by atomic mass is 10.2. The smallest absolute Gasteiger partial charge is 0.291 e. The zero-order valence-electron chi connectivity index (χ0n) is 9.87. The summed E-state index contributed by atoms with van der Waals surface area (Å²) in [5, 5.41) is 5.64. The molecule has 2 aromatic heterocycles. The summed E-state index contributed by atoms with van der Waals surface area (Å²) in [6.07, 6.45) is 3.23. The highest BCUT2D eigenvalue weighted by molar-refractivity contribution is 7.13. The second-order valence-electron chi connectivity index (χ2n) is 3.85. The minimum atomic E-state index is -0.263. The third-order valence-electron chi connectivity index (χ3n) is 2.54. The van der Waals surface area contributed by atoms with Crippen molar-refractivity contribution >= 4 is 22.9 Å². The number of hydrogen-bond donors (Lipinski definition) is 1. The molecule has 0 bridgehead atoms. The van der Waals surface area contributed by atoms with Gasteiger partial charge in [0.2, 0.25) is 0 Å². The molecule has 1 aromatic carbocycles. The monoisotopic (exact) mass is 270 g/mol. The third kappa shape index (κ3) is 2.56. The molecule has 0 atom stereocenters. The average Bonchev–Trinajstić information content (AvgIpc) is 3.13. The van der Waals surface area contributed by atoms with Gasteiger partial charge in [0.05, 0.1) is 6.26 Å². The fourth-order valence-electron chi connectivity index (χ4n) is 1.70. The quantitative estimate of drug-likeness (QED) is 0.790. The Bertz CT molecular complexity index is 675. The molecule has 0 radical (unpaired) electrons. The lowest BCUT2D eigenvalue weighted by Gasteiger charge is -2.04. The fourth-order valence-corrected chi connectivity index (χ4v) is 2.33. The van der Waals surface area contributed by atoms with E-state index in [1.54, 1.807) is 29.7 Å². The van der Waals surface area contributed by atoms with Gasteiger partial charge < -0.3 is 9.73 Å². The van der Waals surface area contributed by atoms with Crippen molar-refractivity contribution in [1.82, 2.24) is 4.98 Å². The predicted octanol–water partition coefficient (Wildman–Crippen LogP) is 3.66. The maximum atomic E-state index is 11.9. The van der Waals surface area contributed by atoms with E-state index >= 15 is 0 Å². The van der Waals surface area contributed by atoms with E-state index in [1.807, 2.05) is 29.6 Å². The van der Waals surface area contributed by atoms with Gasteiger partial charge in [0, 0.05) is 22.8 Å². The lowest BCUT2D eigenvalue weighted by Crippen LogP contribution is -2.10. The molecule has 1 N–H and O–H groups in total. The van der Waals surface area contributed by atoms with Crippen LogP contribution in [-0.2, 0) is 0 Å². The SMILES string of the molecule is O=C(Nc1cccc(-c2nccs2)c1)c1ccco1. The topological polar surface area (TPSA) is 55.1 Å². The first-order valence-corrected chi connectivity index (χ1v) is 6.56. The Morgan fingerprint density at radius 3 is 2.95 bits per heavy atom. The molecule has 0 aliphatic heterocycles. The van der Waals surface area contributed by atoms with Crippen molar-refractivity contribution in [3.8, 4) is 10.6 Å². The molecule has 0 saturated heterocycles. The van der Waals surface area contributed by atoms with Gasteiger partial charge in [0.15, 0.2) is 5.76 Å². The molecule has 0 aliphatic carbocycles. The fraction of sp³-hybridized carbons (Fsp3) is 0. The molecule has 0 fully saturated rings. The third-order valence-corrected chi connectivity index (χ3v) is 3.37. The maximum Gasteiger partial charge on any atom is 0.291 e. The van der Waals surface area contributed by atoms with Crippen molar-refractivity contribution in [2.45, 2.75) is 0 Å². The number of amides is 1. The number of benzene rings is 1. The standard InChI is InChI=1S/C14H10N2O2S/c17-13(12-5-2-7-18-12)16-11-4-1-3-10(9-11)14-15-6-8-19-14/h1-9H,(H,16,17). The molecule has 3 rings (SSSR count). The van der Waals surface area contributed by atoms with Crippen LogP contribution < -0.4 is 5.32 Å². The Labute approximate surface area is 113 Å². The van der Waals surface area contributed by atoms with E-state index < -0.39 is 0 Å². The summed E-state index contributed by atoms with van der Waals surface area (Å²) >= 11 is 1.56. The van der Waals surface area contributed by atoms with Crippen LogP contribution in [-0.4, -0.2) is 10.9 Å². The van der Waals surface area contributed by atoms with Crippen LogP contribution >= 0.6 is 11.3 Å². The number of nitrogens with one attached hydrogen (secondary N) is 1. The van der Waals surface area contributed by atoms with E-state index in [-0.39, 0.29) is 5.91 Å². The van der Waals surface area contributed by atoms with Gasteiger partial charge in [-0.15, -0.1) is 11.3 Å². The number of thiazole rings is 1. The van der Waals surface area contributed by atoms with E-state index in [4.69, 9.17) is 4.42 Å². The normalized spacial score (nSPS) is 10.3. The molecular formula is C14H10N2O2S. The molecule has 1 amide bonds. The second kappa shape index (κ2) is 5.07. The van der Waals surface area contributed by atoms with Gasteiger partial charge in [-0.3, -0.25) is 4.79 Å². The van der Waals surface area contributed by atoms with E-state index in [0.29, 0.717) is 11.4 Å². The molecule has 94 valence electrons. The predicted molar refractivity (Wildman–Crippen MR) is 74.2 cm³/mol. The summed E-state index contributed by atoms with van der Waals surface area (Å²) in [7, 11) is 0. The number of anilines is 1. The van der Waals surface area contributed by atoms with Crippen molar-refractivity contribution in [1.29, 1.82) is 0 Å². The summed E-state index contributed by atoms with van der Waals surface area (Å²) in [4.78, 5) is 16.1. The lowest BCUT2D eigenvalue weighted by molar-refractivity contribution is 0.0996. The Morgan fingerprint density at radius 2 is 2.21 bits per heavy atom. The van der Waals surface area contributed by atoms with Crippen LogP contribution in [0.15, 0.2) is 58.7 Å². The highest BCUT2D eigenvalue weighted by Gasteiger charge is 2.09. The molecule has 4 nitrogen and oxygen atoms in total. The minimum Gasteiger partial charge on any atom is -0.459 e. The number of nitrogens with zero attached hydrogens (tertiary/aromatic N) is 1. The van der Waals surface area contributed by atoms with Gasteiger partial charge in [0.1, 0.15) is 5.01 Å². The van der Waals surface area contributed by atoms with Crippen molar-refractivity contribution in [2.24, 2.45) is 0 Å². The van der Waals surface area contributed by atoms with Crippen LogP contribution in [0.25, 0.3) is 10.6 Å². The summed E-state index contributed by atoms with van der Waals surface area (Å²) in [6.45, 7) is 0. The van der Waals surface area contributed by atoms with Crippen molar-refractivity contribution < 1.29 is 9.21 Å². The average molecular weight is 270 g/mol. The summed E-state index contributed by atoms with van der Waals surface area (Å²) in [5.41, 5.74) is 1.70. The number of furan rings is 1. The summed E-state index contributed by atoms with van der Waals surface area (Å²) in [5.74, 6) is 0.0286. The highest BCUT2D eigenvalue weighted by atomic mass is 32.1. The van der Waals surface area contributed by atoms with Crippen LogP contribution in [0.2, 0.25) is 0 Å². The molecule has 0 saturated carbocycles. The molecule has 2 heterocycles. The van der Waals surface area contributed by atoms with E-state index in [0.717, 1.165) is 10.6 Å². The Balaban J connectivity index is 1.82. The molecule has 19 heavy (non-hydrogen) atoms. The van der Waals surface area contributed by atoms with Crippen LogP contribution in [0, 0.1) is 0 Å². The number of carbonyl (C=O) groups excluding carboxylic acids is 1. The molecular weight excluding hydrogens is 260 g/mol. The second-order valence-corrected chi connectivity index (χ2v) is 4.74. The first kappa shape index (κ1) is 11.7. The van der Waals surface area contributed by atoms with Crippen molar-refractivity contribution in [2.75, 3.05) is 5.32 Å². The highest BCUT2D eigenvalue weighted by Crippen LogP contribution is 2.24. The van der Waals surface area contributed by atoms with Gasteiger partial charge >= 0.3 is 0 Å². The molecule has 5 heteroatoms. The Kier molecular flexibility index (Phi) is 3.12. The molecule has 0 spiro atoms. The number of hydrogen-bond acceptors (Lipinski definition) is 4. The first-order valence-electron chi connectivity index (χ1n) is 5.68. The number of rotatable bonds is 3. The largest absolute Gasteiger partial charge is 0.459 e. The van der Waals surface area contributed by atoms with Gasteiger partial charge in [-0.2, -0.15) is 0 Å². The van der Waals surface area contributed by atoms with Crippen LogP contribution in [0.1, 0.15) is 10.6 Å². The Morgan fingerprint density at radius 1 is 1.26 bits per heavy atom. The maximum absolute atomic E-state index is 11.9. The summed E-state index contributed by atoms with van der Waals surface area (Å²) in [6, 6.07) is 10.9. The van der Waals surface area contributed by atoms with Gasteiger partial charge in [-0.25, -0.2) is 4.98 Å². The van der Waals surface area contributed by atoms with Crippen LogP contribution in [0.3, 0.4) is 0 Å². The van der Waals surface area contributed by atoms with Crippen molar-refractivity contribution in [3.63, 3.8) is 0 Å². The number of aromatic nitrogens is 1.